The molecule has 0 heterocycles. The number of rotatable bonds is 6. The zero-order valence-corrected chi connectivity index (χ0v) is 11.8. The highest BCUT2D eigenvalue weighted by Gasteiger charge is 2.09. The fourth-order valence-corrected chi connectivity index (χ4v) is 2.21. The van der Waals surface area contributed by atoms with Gasteiger partial charge in [-0.2, -0.15) is 0 Å². The van der Waals surface area contributed by atoms with Crippen LogP contribution in [0.15, 0.2) is 60.7 Å². The maximum Gasteiger partial charge on any atom is 0.0902 e. The fraction of sp³-hybridized carbons (Fsp3) is 0.294. The fourth-order valence-electron chi connectivity index (χ4n) is 2.21. The lowest BCUT2D eigenvalue weighted by Crippen LogP contribution is -2.38. The van der Waals surface area contributed by atoms with Crippen molar-refractivity contribution in [1.82, 2.24) is 0 Å². The Morgan fingerprint density at radius 2 is 1.00 bits per heavy atom. The van der Waals surface area contributed by atoms with E-state index in [2.05, 4.69) is 84.3 Å². The number of hydrogen-bond donors (Lipinski definition) is 0. The molecule has 2 nitrogen and oxygen atoms in total. The molecule has 0 aliphatic heterocycles. The molecule has 0 aliphatic rings. The molecule has 0 fully saturated rings. The molecule has 2 heteroatoms. The minimum Gasteiger partial charge on any atom is -0.354 e. The molecule has 0 atom stereocenters. The Morgan fingerprint density at radius 3 is 1.32 bits per heavy atom. The summed E-state index contributed by atoms with van der Waals surface area (Å²) in [6.45, 7) is 7.33. The van der Waals surface area contributed by atoms with Crippen LogP contribution in [0.4, 0.5) is 11.4 Å². The molecule has 2 rings (SSSR count). The van der Waals surface area contributed by atoms with Gasteiger partial charge in [-0.15, -0.1) is 0 Å². The Kier molecular flexibility index (Phi) is 4.85. The first-order valence-corrected chi connectivity index (χ1v) is 6.95. The van der Waals surface area contributed by atoms with Crippen LogP contribution < -0.4 is 9.80 Å². The third-order valence-electron chi connectivity index (χ3n) is 3.35. The largest absolute Gasteiger partial charge is 0.354 e. The highest BCUT2D eigenvalue weighted by molar-refractivity contribution is 5.51. The lowest BCUT2D eigenvalue weighted by atomic mass is 10.2. The van der Waals surface area contributed by atoms with E-state index in [9.17, 15) is 0 Å². The van der Waals surface area contributed by atoms with Gasteiger partial charge in [-0.1, -0.05) is 36.4 Å². The Balaban J connectivity index is 2.13. The minimum atomic E-state index is 0.918. The molecule has 2 aromatic rings. The van der Waals surface area contributed by atoms with E-state index >= 15 is 0 Å². The van der Waals surface area contributed by atoms with Crippen molar-refractivity contribution in [3.8, 4) is 0 Å². The number of anilines is 2. The molecule has 0 saturated heterocycles. The van der Waals surface area contributed by atoms with Crippen LogP contribution in [0.25, 0.3) is 0 Å². The van der Waals surface area contributed by atoms with Gasteiger partial charge in [0.1, 0.15) is 0 Å². The highest BCUT2D eigenvalue weighted by atomic mass is 15.3. The number of para-hydroxylation sites is 2. The first-order valence-electron chi connectivity index (χ1n) is 6.95. The van der Waals surface area contributed by atoms with Crippen LogP contribution in [-0.2, 0) is 0 Å². The molecule has 0 bridgehead atoms. The summed E-state index contributed by atoms with van der Waals surface area (Å²) in [7, 11) is 0. The zero-order chi connectivity index (χ0) is 13.5. The summed E-state index contributed by atoms with van der Waals surface area (Å²) in [5.74, 6) is 0. The first-order chi connectivity index (χ1) is 9.35. The second kappa shape index (κ2) is 6.83. The van der Waals surface area contributed by atoms with Crippen molar-refractivity contribution >= 4 is 11.4 Å². The molecule has 0 aromatic heterocycles. The van der Waals surface area contributed by atoms with Gasteiger partial charge in [0.25, 0.3) is 0 Å². The van der Waals surface area contributed by atoms with Crippen molar-refractivity contribution in [3.63, 3.8) is 0 Å². The summed E-state index contributed by atoms with van der Waals surface area (Å²) in [6.07, 6.45) is 0. The first kappa shape index (κ1) is 13.5. The summed E-state index contributed by atoms with van der Waals surface area (Å²) < 4.78 is 0. The lowest BCUT2D eigenvalue weighted by molar-refractivity contribution is 0.754. The van der Waals surface area contributed by atoms with Crippen LogP contribution in [0.5, 0.6) is 0 Å². The summed E-state index contributed by atoms with van der Waals surface area (Å²) in [4.78, 5) is 4.77. The second-order valence-corrected chi connectivity index (χ2v) is 4.52. The van der Waals surface area contributed by atoms with E-state index < -0.39 is 0 Å². The predicted molar refractivity (Wildman–Crippen MR) is 83.8 cm³/mol. The van der Waals surface area contributed by atoms with Gasteiger partial charge in [0.15, 0.2) is 0 Å². The normalized spacial score (nSPS) is 10.2. The highest BCUT2D eigenvalue weighted by Crippen LogP contribution is 2.17. The summed E-state index contributed by atoms with van der Waals surface area (Å²) in [5, 5.41) is 0. The van der Waals surface area contributed by atoms with Gasteiger partial charge in [-0.05, 0) is 38.1 Å². The minimum absolute atomic E-state index is 0.918. The Hall–Kier alpha value is -1.96. The van der Waals surface area contributed by atoms with E-state index in [0.29, 0.717) is 0 Å². The van der Waals surface area contributed by atoms with Crippen LogP contribution in [0.3, 0.4) is 0 Å². The van der Waals surface area contributed by atoms with Gasteiger partial charge in [-0.25, -0.2) is 0 Å². The van der Waals surface area contributed by atoms with Gasteiger partial charge in [0.2, 0.25) is 0 Å². The second-order valence-electron chi connectivity index (χ2n) is 4.52. The smallest absolute Gasteiger partial charge is 0.0902 e. The third kappa shape index (κ3) is 3.50. The van der Waals surface area contributed by atoms with Crippen molar-refractivity contribution in [2.45, 2.75) is 13.8 Å². The molecule has 0 saturated carbocycles. The van der Waals surface area contributed by atoms with E-state index in [0.717, 1.165) is 19.8 Å². The van der Waals surface area contributed by atoms with Crippen molar-refractivity contribution in [2.75, 3.05) is 29.6 Å². The number of benzene rings is 2. The third-order valence-corrected chi connectivity index (χ3v) is 3.35. The molecule has 0 unspecified atom stereocenters. The lowest BCUT2D eigenvalue weighted by Gasteiger charge is -2.32. The average molecular weight is 254 g/mol. The maximum atomic E-state index is 2.39. The van der Waals surface area contributed by atoms with Crippen LogP contribution in [0.2, 0.25) is 0 Å². The van der Waals surface area contributed by atoms with E-state index in [1.807, 2.05) is 0 Å². The molecule has 0 amide bonds. The summed E-state index contributed by atoms with van der Waals surface area (Å²) in [6, 6.07) is 21.2. The van der Waals surface area contributed by atoms with Gasteiger partial charge in [0, 0.05) is 24.5 Å². The Bertz CT molecular complexity index is 422. The zero-order valence-electron chi connectivity index (χ0n) is 11.8. The summed E-state index contributed by atoms with van der Waals surface area (Å²) >= 11 is 0. The van der Waals surface area contributed by atoms with Gasteiger partial charge < -0.3 is 9.80 Å². The van der Waals surface area contributed by atoms with Gasteiger partial charge >= 0.3 is 0 Å². The standard InChI is InChI=1S/C17H22N2/c1-3-18(16-11-7-5-8-12-16)15-19(4-2)17-13-9-6-10-14-17/h5-14H,3-4,15H2,1-2H3. The van der Waals surface area contributed by atoms with E-state index in [4.69, 9.17) is 0 Å². The van der Waals surface area contributed by atoms with Crippen molar-refractivity contribution in [2.24, 2.45) is 0 Å². The SMILES string of the molecule is CCN(CN(CC)c1ccccc1)c1ccccc1. The topological polar surface area (TPSA) is 6.48 Å². The molecular formula is C17H22N2. The number of hydrogen-bond acceptors (Lipinski definition) is 2. The maximum absolute atomic E-state index is 2.39. The molecule has 0 aliphatic carbocycles. The summed E-state index contributed by atoms with van der Waals surface area (Å²) in [5.41, 5.74) is 2.55. The molecule has 2 aromatic carbocycles. The molecule has 19 heavy (non-hydrogen) atoms. The quantitative estimate of drug-likeness (QED) is 0.719. The molecule has 100 valence electrons. The van der Waals surface area contributed by atoms with E-state index in [1.165, 1.54) is 11.4 Å². The molecule has 0 radical (unpaired) electrons. The van der Waals surface area contributed by atoms with Crippen LogP contribution in [-0.4, -0.2) is 19.8 Å². The number of nitrogens with zero attached hydrogens (tertiary/aromatic N) is 2. The van der Waals surface area contributed by atoms with Gasteiger partial charge in [-0.3, -0.25) is 0 Å². The molecule has 0 spiro atoms. The van der Waals surface area contributed by atoms with Gasteiger partial charge in [0.05, 0.1) is 6.67 Å². The Morgan fingerprint density at radius 1 is 0.632 bits per heavy atom. The predicted octanol–water partition coefficient (Wildman–Crippen LogP) is 4.00. The van der Waals surface area contributed by atoms with E-state index in [1.54, 1.807) is 0 Å². The van der Waals surface area contributed by atoms with Crippen molar-refractivity contribution in [3.05, 3.63) is 60.7 Å². The molecular weight excluding hydrogens is 232 g/mol. The van der Waals surface area contributed by atoms with Crippen LogP contribution in [0.1, 0.15) is 13.8 Å². The van der Waals surface area contributed by atoms with Crippen molar-refractivity contribution in [1.29, 1.82) is 0 Å². The molecule has 0 N–H and O–H groups in total. The van der Waals surface area contributed by atoms with Crippen molar-refractivity contribution < 1.29 is 0 Å². The van der Waals surface area contributed by atoms with Crippen LogP contribution in [0, 0.1) is 0 Å². The van der Waals surface area contributed by atoms with Crippen LogP contribution >= 0.6 is 0 Å². The average Bonchev–Trinajstić information content (AvgIpc) is 2.50. The monoisotopic (exact) mass is 254 g/mol. The van der Waals surface area contributed by atoms with E-state index in [-0.39, 0.29) is 0 Å². The Labute approximate surface area is 116 Å².